The molecule has 6 heteroatoms. The molecule has 0 fully saturated rings. The monoisotopic (exact) mass is 832 g/mol. The van der Waals surface area contributed by atoms with Gasteiger partial charge in [-0.25, -0.2) is 0 Å². The SMILES string of the molecule is CCCC/C=C\CCCCCCCC(=O)OCCCCCCCCCCCCCCCCCCC(=O)NC(CO)C(O)/C=C/CCCCCCCCCCCCCCC. The number of aliphatic hydroxyl groups is 2. The van der Waals surface area contributed by atoms with E-state index in [2.05, 4.69) is 31.3 Å². The average molecular weight is 832 g/mol. The number of esters is 1. The number of allylic oxidation sites excluding steroid dienone is 3. The van der Waals surface area contributed by atoms with Crippen molar-refractivity contribution < 1.29 is 24.5 Å². The van der Waals surface area contributed by atoms with Gasteiger partial charge in [0.1, 0.15) is 0 Å². The van der Waals surface area contributed by atoms with Gasteiger partial charge in [0.15, 0.2) is 0 Å². The van der Waals surface area contributed by atoms with E-state index in [1.54, 1.807) is 6.08 Å². The molecule has 0 heterocycles. The largest absolute Gasteiger partial charge is 0.466 e. The van der Waals surface area contributed by atoms with Crippen LogP contribution in [0, 0.1) is 0 Å². The van der Waals surface area contributed by atoms with Crippen molar-refractivity contribution in [3.63, 3.8) is 0 Å². The van der Waals surface area contributed by atoms with Gasteiger partial charge in [-0.05, 0) is 51.4 Å². The minimum Gasteiger partial charge on any atom is -0.466 e. The van der Waals surface area contributed by atoms with E-state index in [0.717, 1.165) is 44.9 Å². The van der Waals surface area contributed by atoms with Gasteiger partial charge in [-0.2, -0.15) is 0 Å². The Labute approximate surface area is 367 Å². The van der Waals surface area contributed by atoms with Gasteiger partial charge in [0, 0.05) is 12.8 Å². The first-order chi connectivity index (χ1) is 29.0. The third-order valence-corrected chi connectivity index (χ3v) is 12.0. The van der Waals surface area contributed by atoms with E-state index < -0.39 is 12.1 Å². The lowest BCUT2D eigenvalue weighted by Crippen LogP contribution is -2.45. The molecule has 0 rings (SSSR count). The maximum atomic E-state index is 12.4. The first kappa shape index (κ1) is 57.3. The summed E-state index contributed by atoms with van der Waals surface area (Å²) in [5.74, 6) is -0.0838. The van der Waals surface area contributed by atoms with Gasteiger partial charge in [-0.1, -0.05) is 237 Å². The summed E-state index contributed by atoms with van der Waals surface area (Å²) in [4.78, 5) is 24.4. The number of amides is 1. The number of aliphatic hydroxyl groups excluding tert-OH is 2. The third-order valence-electron chi connectivity index (χ3n) is 12.0. The van der Waals surface area contributed by atoms with E-state index in [-0.39, 0.29) is 18.5 Å². The molecule has 0 bridgehead atoms. The minimum absolute atomic E-state index is 0.00919. The van der Waals surface area contributed by atoms with Crippen LogP contribution in [0.25, 0.3) is 0 Å². The van der Waals surface area contributed by atoms with Gasteiger partial charge in [-0.3, -0.25) is 9.59 Å². The molecule has 1 amide bonds. The van der Waals surface area contributed by atoms with E-state index in [4.69, 9.17) is 4.74 Å². The number of hydrogen-bond donors (Lipinski definition) is 3. The van der Waals surface area contributed by atoms with Crippen LogP contribution in [0.5, 0.6) is 0 Å². The fraction of sp³-hybridized carbons (Fsp3) is 0.887. The van der Waals surface area contributed by atoms with Crippen LogP contribution in [0.2, 0.25) is 0 Å². The zero-order chi connectivity index (χ0) is 43.0. The molecule has 0 aliphatic heterocycles. The molecule has 0 aromatic heterocycles. The lowest BCUT2D eigenvalue weighted by Gasteiger charge is -2.20. The fourth-order valence-corrected chi connectivity index (χ4v) is 7.91. The van der Waals surface area contributed by atoms with Crippen molar-refractivity contribution in [3.05, 3.63) is 24.3 Å². The molecule has 2 unspecified atom stereocenters. The highest BCUT2D eigenvalue weighted by molar-refractivity contribution is 5.76. The molecule has 0 saturated carbocycles. The molecule has 6 nitrogen and oxygen atoms in total. The Kier molecular flexibility index (Phi) is 47.6. The van der Waals surface area contributed by atoms with Crippen molar-refractivity contribution in [1.29, 1.82) is 0 Å². The van der Waals surface area contributed by atoms with Crippen molar-refractivity contribution in [1.82, 2.24) is 5.32 Å². The number of rotatable bonds is 48. The molecule has 0 radical (unpaired) electrons. The van der Waals surface area contributed by atoms with Gasteiger partial charge in [0.05, 0.1) is 25.4 Å². The molecule has 3 N–H and O–H groups in total. The average Bonchev–Trinajstić information content (AvgIpc) is 3.24. The highest BCUT2D eigenvalue weighted by Crippen LogP contribution is 2.16. The van der Waals surface area contributed by atoms with Gasteiger partial charge in [0.25, 0.3) is 0 Å². The molecule has 0 aromatic carbocycles. The first-order valence-electron chi connectivity index (χ1n) is 26.1. The van der Waals surface area contributed by atoms with Crippen LogP contribution in [0.15, 0.2) is 24.3 Å². The lowest BCUT2D eigenvalue weighted by molar-refractivity contribution is -0.143. The second kappa shape index (κ2) is 49.0. The second-order valence-corrected chi connectivity index (χ2v) is 17.9. The van der Waals surface area contributed by atoms with Crippen LogP contribution in [-0.2, 0) is 14.3 Å². The Morgan fingerprint density at radius 1 is 0.458 bits per heavy atom. The molecule has 59 heavy (non-hydrogen) atoms. The van der Waals surface area contributed by atoms with E-state index >= 15 is 0 Å². The van der Waals surface area contributed by atoms with Crippen LogP contribution in [-0.4, -0.2) is 47.4 Å². The fourth-order valence-electron chi connectivity index (χ4n) is 7.91. The van der Waals surface area contributed by atoms with Crippen LogP contribution in [0.3, 0.4) is 0 Å². The predicted octanol–water partition coefficient (Wildman–Crippen LogP) is 15.5. The predicted molar refractivity (Wildman–Crippen MR) is 255 cm³/mol. The number of carbonyl (C=O) groups excluding carboxylic acids is 2. The zero-order valence-corrected chi connectivity index (χ0v) is 39.5. The van der Waals surface area contributed by atoms with Gasteiger partial charge >= 0.3 is 5.97 Å². The summed E-state index contributed by atoms with van der Waals surface area (Å²) in [7, 11) is 0. The maximum absolute atomic E-state index is 12.4. The Hall–Kier alpha value is -1.66. The summed E-state index contributed by atoms with van der Waals surface area (Å²) in [5, 5.41) is 23.1. The molecular formula is C53H101NO5. The molecule has 348 valence electrons. The molecular weight excluding hydrogens is 731 g/mol. The summed E-state index contributed by atoms with van der Waals surface area (Å²) in [5.41, 5.74) is 0. The van der Waals surface area contributed by atoms with Crippen LogP contribution in [0.1, 0.15) is 277 Å². The smallest absolute Gasteiger partial charge is 0.305 e. The Bertz CT molecular complexity index is 920. The van der Waals surface area contributed by atoms with E-state index in [1.165, 1.54) is 205 Å². The van der Waals surface area contributed by atoms with Crippen molar-refractivity contribution in [2.45, 2.75) is 289 Å². The van der Waals surface area contributed by atoms with Gasteiger partial charge < -0.3 is 20.3 Å². The Morgan fingerprint density at radius 3 is 1.25 bits per heavy atom. The number of unbranched alkanes of at least 4 members (excludes halogenated alkanes) is 35. The lowest BCUT2D eigenvalue weighted by atomic mass is 10.0. The second-order valence-electron chi connectivity index (χ2n) is 17.9. The van der Waals surface area contributed by atoms with Crippen molar-refractivity contribution in [3.8, 4) is 0 Å². The molecule has 0 spiro atoms. The summed E-state index contributed by atoms with van der Waals surface area (Å²) < 4.78 is 5.44. The number of hydrogen-bond acceptors (Lipinski definition) is 5. The highest BCUT2D eigenvalue weighted by atomic mass is 16.5. The topological polar surface area (TPSA) is 95.9 Å². The van der Waals surface area contributed by atoms with E-state index in [9.17, 15) is 19.8 Å². The van der Waals surface area contributed by atoms with Crippen molar-refractivity contribution >= 4 is 11.9 Å². The number of nitrogens with one attached hydrogen (secondary N) is 1. The van der Waals surface area contributed by atoms with Gasteiger partial charge in [-0.15, -0.1) is 0 Å². The normalized spacial score (nSPS) is 12.8. The molecule has 2 atom stereocenters. The minimum atomic E-state index is -0.848. The quantitative estimate of drug-likeness (QED) is 0.0322. The summed E-state index contributed by atoms with van der Waals surface area (Å²) in [6.07, 6.45) is 57.5. The summed E-state index contributed by atoms with van der Waals surface area (Å²) in [6, 6.07) is -0.632. The Balaban J connectivity index is 3.47. The molecule has 0 aliphatic carbocycles. The van der Waals surface area contributed by atoms with Crippen LogP contribution < -0.4 is 5.32 Å². The maximum Gasteiger partial charge on any atom is 0.305 e. The van der Waals surface area contributed by atoms with Crippen molar-refractivity contribution in [2.75, 3.05) is 13.2 Å². The first-order valence-corrected chi connectivity index (χ1v) is 26.1. The number of ether oxygens (including phenoxy) is 1. The summed E-state index contributed by atoms with van der Waals surface area (Å²) >= 11 is 0. The van der Waals surface area contributed by atoms with Crippen molar-refractivity contribution in [2.24, 2.45) is 0 Å². The molecule has 0 saturated heterocycles. The van der Waals surface area contributed by atoms with E-state index in [1.807, 2.05) is 6.08 Å². The van der Waals surface area contributed by atoms with Crippen LogP contribution in [0.4, 0.5) is 0 Å². The Morgan fingerprint density at radius 2 is 0.814 bits per heavy atom. The zero-order valence-electron chi connectivity index (χ0n) is 39.5. The summed E-state index contributed by atoms with van der Waals surface area (Å²) in [6.45, 7) is 4.85. The van der Waals surface area contributed by atoms with Crippen LogP contribution >= 0.6 is 0 Å². The molecule has 0 aromatic rings. The van der Waals surface area contributed by atoms with Gasteiger partial charge in [0.2, 0.25) is 5.91 Å². The molecule has 0 aliphatic rings. The number of carbonyl (C=O) groups is 2. The van der Waals surface area contributed by atoms with E-state index in [0.29, 0.717) is 19.4 Å². The standard InChI is InChI=1S/C53H101NO5/c1-3-5-7-9-11-13-15-16-19-22-26-29-33-37-41-45-51(56)50(49-55)54-52(57)46-42-38-34-30-27-23-20-17-18-21-24-28-32-36-40-44-48-59-53(58)47-43-39-35-31-25-14-12-10-8-6-4-2/h10,12,41,45,50-51,55-56H,3-9,11,13-40,42-44,46-49H2,1-2H3,(H,54,57)/b12-10-,45-41+. The third kappa shape index (κ3) is 45.7. The highest BCUT2D eigenvalue weighted by Gasteiger charge is 2.18.